The van der Waals surface area contributed by atoms with Gasteiger partial charge in [0.15, 0.2) is 0 Å². The Bertz CT molecular complexity index is 467. The minimum Gasteiger partial charge on any atom is -0.326 e. The quantitative estimate of drug-likeness (QED) is 0.885. The lowest BCUT2D eigenvalue weighted by atomic mass is 9.67. The van der Waals surface area contributed by atoms with Crippen LogP contribution in [-0.4, -0.2) is 11.7 Å². The molecule has 1 aromatic rings. The van der Waals surface area contributed by atoms with Crippen LogP contribution in [0.5, 0.6) is 0 Å². The summed E-state index contributed by atoms with van der Waals surface area (Å²) in [5.74, 6) is 0.775. The molecule has 1 aromatic carbocycles. The molecule has 100 valence electrons. The Balaban J connectivity index is 1.66. The molecular formula is C16H19NO2. The minimum absolute atomic E-state index is 0.00760. The molecule has 3 rings (SSSR count). The number of Topliss-reactive ketones (excluding diaryl/α,β-unsaturated/α-hetero) is 1. The molecule has 1 N–H and O–H groups in total. The monoisotopic (exact) mass is 257 g/mol. The standard InChI is InChI=1S/C16H19NO2/c18-15-11-5-4-6-12(15)10-13(9-11)16(19)17-14-7-2-1-3-8-14/h1-3,7-8,11-13H,4-6,9-10H2,(H,17,19)/t11-,12-/m0/s1. The molecule has 3 nitrogen and oxygen atoms in total. The predicted molar refractivity (Wildman–Crippen MR) is 73.6 cm³/mol. The smallest absolute Gasteiger partial charge is 0.227 e. The number of amides is 1. The van der Waals surface area contributed by atoms with Gasteiger partial charge in [0.25, 0.3) is 0 Å². The average molecular weight is 257 g/mol. The van der Waals surface area contributed by atoms with E-state index >= 15 is 0 Å². The summed E-state index contributed by atoms with van der Waals surface area (Å²) in [5.41, 5.74) is 0.842. The molecule has 0 aromatic heterocycles. The lowest BCUT2D eigenvalue weighted by Gasteiger charge is -2.36. The fraction of sp³-hybridized carbons (Fsp3) is 0.500. The molecule has 0 aliphatic heterocycles. The normalized spacial score (nSPS) is 29.9. The van der Waals surface area contributed by atoms with Gasteiger partial charge in [0, 0.05) is 23.4 Å². The van der Waals surface area contributed by atoms with Crippen molar-refractivity contribution < 1.29 is 9.59 Å². The second kappa shape index (κ2) is 5.16. The highest BCUT2D eigenvalue weighted by atomic mass is 16.2. The van der Waals surface area contributed by atoms with Gasteiger partial charge in [-0.2, -0.15) is 0 Å². The number of benzene rings is 1. The largest absolute Gasteiger partial charge is 0.326 e. The molecular weight excluding hydrogens is 238 g/mol. The number of hydrogen-bond acceptors (Lipinski definition) is 2. The van der Waals surface area contributed by atoms with E-state index in [1.54, 1.807) is 0 Å². The van der Waals surface area contributed by atoms with Gasteiger partial charge >= 0.3 is 0 Å². The fourth-order valence-corrected chi connectivity index (χ4v) is 3.46. The first-order chi connectivity index (χ1) is 9.24. The van der Waals surface area contributed by atoms with E-state index in [4.69, 9.17) is 0 Å². The van der Waals surface area contributed by atoms with Crippen molar-refractivity contribution in [3.63, 3.8) is 0 Å². The molecule has 2 atom stereocenters. The molecule has 3 heteroatoms. The van der Waals surface area contributed by atoms with Crippen LogP contribution in [-0.2, 0) is 9.59 Å². The van der Waals surface area contributed by atoms with E-state index in [1.807, 2.05) is 30.3 Å². The summed E-state index contributed by atoms with van der Waals surface area (Å²) < 4.78 is 0. The molecule has 0 radical (unpaired) electrons. The summed E-state index contributed by atoms with van der Waals surface area (Å²) in [6.07, 6.45) is 4.59. The molecule has 19 heavy (non-hydrogen) atoms. The zero-order chi connectivity index (χ0) is 13.2. The molecule has 2 fully saturated rings. The van der Waals surface area contributed by atoms with Crippen LogP contribution in [0.15, 0.2) is 30.3 Å². The second-order valence-corrected chi connectivity index (χ2v) is 5.75. The van der Waals surface area contributed by atoms with Crippen molar-refractivity contribution >= 4 is 17.4 Å². The highest BCUT2D eigenvalue weighted by Crippen LogP contribution is 2.40. The van der Waals surface area contributed by atoms with Crippen LogP contribution < -0.4 is 5.32 Å². The van der Waals surface area contributed by atoms with Gasteiger partial charge in [0.2, 0.25) is 5.91 Å². The summed E-state index contributed by atoms with van der Waals surface area (Å²) in [4.78, 5) is 24.3. The van der Waals surface area contributed by atoms with Crippen LogP contribution in [0.2, 0.25) is 0 Å². The molecule has 0 unspecified atom stereocenters. The van der Waals surface area contributed by atoms with Crippen LogP contribution in [0.1, 0.15) is 32.1 Å². The third-order valence-electron chi connectivity index (χ3n) is 4.46. The molecule has 2 saturated carbocycles. The van der Waals surface area contributed by atoms with E-state index in [-0.39, 0.29) is 23.7 Å². The van der Waals surface area contributed by atoms with Gasteiger partial charge in [0.05, 0.1) is 0 Å². The number of carbonyl (C=O) groups excluding carboxylic acids is 2. The maximum Gasteiger partial charge on any atom is 0.227 e. The molecule has 2 aliphatic rings. The van der Waals surface area contributed by atoms with E-state index in [1.165, 1.54) is 0 Å². The van der Waals surface area contributed by atoms with Gasteiger partial charge in [0.1, 0.15) is 5.78 Å². The van der Waals surface area contributed by atoms with Crippen molar-refractivity contribution in [2.75, 3.05) is 5.32 Å². The Morgan fingerprint density at radius 3 is 2.32 bits per heavy atom. The highest BCUT2D eigenvalue weighted by molar-refractivity contribution is 5.95. The van der Waals surface area contributed by atoms with Crippen molar-refractivity contribution in [1.29, 1.82) is 0 Å². The molecule has 2 bridgehead atoms. The van der Waals surface area contributed by atoms with Crippen LogP contribution in [0, 0.1) is 17.8 Å². The first-order valence-electron chi connectivity index (χ1n) is 7.13. The van der Waals surface area contributed by atoms with E-state index in [0.717, 1.165) is 37.8 Å². The number of para-hydroxylation sites is 1. The van der Waals surface area contributed by atoms with Gasteiger partial charge in [-0.15, -0.1) is 0 Å². The Kier molecular flexibility index (Phi) is 3.36. The number of hydrogen-bond donors (Lipinski definition) is 1. The molecule has 0 saturated heterocycles. The van der Waals surface area contributed by atoms with Gasteiger partial charge < -0.3 is 5.32 Å². The Morgan fingerprint density at radius 1 is 1.05 bits per heavy atom. The lowest BCUT2D eigenvalue weighted by molar-refractivity contribution is -0.136. The van der Waals surface area contributed by atoms with Crippen LogP contribution in [0.4, 0.5) is 5.69 Å². The summed E-state index contributed by atoms with van der Waals surface area (Å²) in [5, 5.41) is 2.97. The summed E-state index contributed by atoms with van der Waals surface area (Å²) in [6.45, 7) is 0. The van der Waals surface area contributed by atoms with Crippen molar-refractivity contribution in [3.05, 3.63) is 30.3 Å². The topological polar surface area (TPSA) is 46.2 Å². The molecule has 0 heterocycles. The van der Waals surface area contributed by atoms with Gasteiger partial charge in [-0.1, -0.05) is 24.6 Å². The van der Waals surface area contributed by atoms with Crippen molar-refractivity contribution in [3.8, 4) is 0 Å². The van der Waals surface area contributed by atoms with Crippen molar-refractivity contribution in [1.82, 2.24) is 0 Å². The maximum absolute atomic E-state index is 12.3. The third kappa shape index (κ3) is 2.55. The van der Waals surface area contributed by atoms with E-state index in [9.17, 15) is 9.59 Å². The highest BCUT2D eigenvalue weighted by Gasteiger charge is 2.41. The predicted octanol–water partition coefficient (Wildman–Crippen LogP) is 3.02. The number of ketones is 1. The first-order valence-corrected chi connectivity index (χ1v) is 7.13. The number of nitrogens with one attached hydrogen (secondary N) is 1. The molecule has 1 amide bonds. The van der Waals surface area contributed by atoms with E-state index in [0.29, 0.717) is 5.78 Å². The number of fused-ring (bicyclic) bond motifs is 2. The van der Waals surface area contributed by atoms with Crippen molar-refractivity contribution in [2.45, 2.75) is 32.1 Å². The Labute approximate surface area is 113 Å². The zero-order valence-corrected chi connectivity index (χ0v) is 11.0. The van der Waals surface area contributed by atoms with Crippen LogP contribution >= 0.6 is 0 Å². The minimum atomic E-state index is 0.00760. The maximum atomic E-state index is 12.3. The van der Waals surface area contributed by atoms with Crippen LogP contribution in [0.25, 0.3) is 0 Å². The molecule has 0 spiro atoms. The lowest BCUT2D eigenvalue weighted by Crippen LogP contribution is -2.40. The van der Waals surface area contributed by atoms with Crippen molar-refractivity contribution in [2.24, 2.45) is 17.8 Å². The fourth-order valence-electron chi connectivity index (χ4n) is 3.46. The van der Waals surface area contributed by atoms with E-state index < -0.39 is 0 Å². The summed E-state index contributed by atoms with van der Waals surface area (Å²) in [7, 11) is 0. The molecule has 2 aliphatic carbocycles. The first kappa shape index (κ1) is 12.4. The average Bonchev–Trinajstić information content (AvgIpc) is 2.39. The Hall–Kier alpha value is -1.64. The summed E-state index contributed by atoms with van der Waals surface area (Å²) in [6, 6.07) is 9.54. The van der Waals surface area contributed by atoms with Gasteiger partial charge in [-0.05, 0) is 37.8 Å². The Morgan fingerprint density at radius 2 is 1.68 bits per heavy atom. The van der Waals surface area contributed by atoms with Gasteiger partial charge in [-0.3, -0.25) is 9.59 Å². The number of rotatable bonds is 2. The van der Waals surface area contributed by atoms with Crippen LogP contribution in [0.3, 0.4) is 0 Å². The zero-order valence-electron chi connectivity index (χ0n) is 11.0. The number of anilines is 1. The number of carbonyl (C=O) groups is 2. The summed E-state index contributed by atoms with van der Waals surface area (Å²) >= 11 is 0. The van der Waals surface area contributed by atoms with Gasteiger partial charge in [-0.25, -0.2) is 0 Å². The SMILES string of the molecule is O=C(Nc1ccccc1)C1C[C@@H]2CCC[C@@H](C1)C2=O. The van der Waals surface area contributed by atoms with E-state index in [2.05, 4.69) is 5.32 Å². The second-order valence-electron chi connectivity index (χ2n) is 5.75. The third-order valence-corrected chi connectivity index (χ3v) is 4.46.